The first-order chi connectivity index (χ1) is 13.0. The van der Waals surface area contributed by atoms with E-state index in [0.717, 1.165) is 28.6 Å². The molecule has 27 heavy (non-hydrogen) atoms. The predicted molar refractivity (Wildman–Crippen MR) is 114 cm³/mol. The Hall–Kier alpha value is -2.12. The fraction of sp³-hybridized carbons (Fsp3) is 0.300. The van der Waals surface area contributed by atoms with Crippen LogP contribution in [0.25, 0.3) is 0 Å². The highest BCUT2D eigenvalue weighted by Crippen LogP contribution is 2.23. The number of ether oxygens (including phenoxy) is 2. The Balaban J connectivity index is 1.94. The molecule has 0 aliphatic heterocycles. The van der Waals surface area contributed by atoms with Gasteiger partial charge >= 0.3 is 0 Å². The molecule has 2 rings (SSSR count). The van der Waals surface area contributed by atoms with E-state index in [0.29, 0.717) is 24.5 Å². The smallest absolute Gasteiger partial charge is 0.261 e. The topological polar surface area (TPSA) is 59.6 Å². The van der Waals surface area contributed by atoms with Gasteiger partial charge in [-0.2, -0.15) is 0 Å². The van der Waals surface area contributed by atoms with Crippen LogP contribution in [0, 0.1) is 0 Å². The van der Waals surface area contributed by atoms with Crippen molar-refractivity contribution < 1.29 is 14.3 Å². The second-order valence-electron chi connectivity index (χ2n) is 5.83. The molecule has 0 aromatic heterocycles. The Morgan fingerprint density at radius 1 is 1.19 bits per heavy atom. The van der Waals surface area contributed by atoms with Crippen molar-refractivity contribution in [3.05, 3.63) is 58.1 Å². The van der Waals surface area contributed by atoms with Gasteiger partial charge in [0.05, 0.1) is 19.3 Å². The molecule has 144 valence electrons. The van der Waals surface area contributed by atoms with Gasteiger partial charge in [0.1, 0.15) is 11.5 Å². The normalized spacial score (nSPS) is 10.2. The van der Waals surface area contributed by atoms with Gasteiger partial charge in [0, 0.05) is 11.0 Å². The first-order valence-corrected chi connectivity index (χ1v) is 9.88. The maximum absolute atomic E-state index is 12.6. The molecule has 0 saturated heterocycles. The van der Waals surface area contributed by atoms with Gasteiger partial charge < -0.3 is 14.8 Å². The van der Waals surface area contributed by atoms with Crippen molar-refractivity contribution >= 4 is 39.2 Å². The average Bonchev–Trinajstić information content (AvgIpc) is 2.68. The number of nitrogens with one attached hydrogen (secondary N) is 2. The molecule has 2 aromatic carbocycles. The summed E-state index contributed by atoms with van der Waals surface area (Å²) in [5, 5.41) is 5.99. The van der Waals surface area contributed by atoms with Crippen LogP contribution in [0.1, 0.15) is 35.7 Å². The van der Waals surface area contributed by atoms with E-state index in [4.69, 9.17) is 21.7 Å². The molecule has 1 amide bonds. The molecule has 0 heterocycles. The van der Waals surface area contributed by atoms with Crippen LogP contribution in [0.5, 0.6) is 11.5 Å². The molecule has 0 fully saturated rings. The molecule has 2 N–H and O–H groups in total. The van der Waals surface area contributed by atoms with Crippen molar-refractivity contribution in [3.63, 3.8) is 0 Å². The molecule has 0 radical (unpaired) electrons. The van der Waals surface area contributed by atoms with Crippen LogP contribution in [-0.4, -0.2) is 24.7 Å². The minimum Gasteiger partial charge on any atom is -0.497 e. The highest BCUT2D eigenvalue weighted by molar-refractivity contribution is 9.10. The summed E-state index contributed by atoms with van der Waals surface area (Å²) >= 11 is 8.63. The number of hydrogen-bond acceptors (Lipinski definition) is 4. The lowest BCUT2D eigenvalue weighted by Crippen LogP contribution is -2.39. The minimum absolute atomic E-state index is 0.260. The molecule has 0 spiro atoms. The number of unbranched alkanes of at least 4 members (excludes halogenated alkanes) is 1. The molecule has 0 bridgehead atoms. The number of carbonyl (C=O) groups excluding carboxylic acids is 1. The van der Waals surface area contributed by atoms with Crippen LogP contribution in [0.3, 0.4) is 0 Å². The summed E-state index contributed by atoms with van der Waals surface area (Å²) < 4.78 is 11.7. The zero-order valence-electron chi connectivity index (χ0n) is 15.4. The summed E-state index contributed by atoms with van der Waals surface area (Å²) in [5.74, 6) is 1.03. The molecular weight excluding hydrogens is 428 g/mol. The van der Waals surface area contributed by atoms with E-state index in [1.807, 2.05) is 30.3 Å². The Kier molecular flexibility index (Phi) is 8.54. The SMILES string of the molecule is CCCCOc1ccc(Br)cc1C(=O)NC(=S)NCc1ccc(OC)cc1. The van der Waals surface area contributed by atoms with Crippen LogP contribution < -0.4 is 20.1 Å². The van der Waals surface area contributed by atoms with Gasteiger partial charge in [-0.15, -0.1) is 0 Å². The summed E-state index contributed by atoms with van der Waals surface area (Å²) in [5.41, 5.74) is 1.47. The molecule has 0 aliphatic carbocycles. The third-order valence-electron chi connectivity index (χ3n) is 3.78. The third-order valence-corrected chi connectivity index (χ3v) is 4.52. The molecule has 0 unspecified atom stereocenters. The van der Waals surface area contributed by atoms with Crippen LogP contribution >= 0.6 is 28.1 Å². The highest BCUT2D eigenvalue weighted by Gasteiger charge is 2.14. The Morgan fingerprint density at radius 3 is 2.59 bits per heavy atom. The van der Waals surface area contributed by atoms with E-state index in [1.54, 1.807) is 19.2 Å². The lowest BCUT2D eigenvalue weighted by atomic mass is 10.2. The van der Waals surface area contributed by atoms with Crippen LogP contribution in [0.4, 0.5) is 0 Å². The van der Waals surface area contributed by atoms with Gasteiger partial charge in [0.2, 0.25) is 0 Å². The summed E-state index contributed by atoms with van der Waals surface area (Å²) in [4.78, 5) is 12.6. The Morgan fingerprint density at radius 2 is 1.93 bits per heavy atom. The molecule has 2 aromatic rings. The van der Waals surface area contributed by atoms with E-state index in [-0.39, 0.29) is 11.0 Å². The predicted octanol–water partition coefficient (Wildman–Crippen LogP) is 4.44. The Bertz CT molecular complexity index is 781. The molecule has 0 saturated carbocycles. The van der Waals surface area contributed by atoms with Gasteiger partial charge in [-0.05, 0) is 54.5 Å². The van der Waals surface area contributed by atoms with Gasteiger partial charge in [-0.1, -0.05) is 41.4 Å². The largest absolute Gasteiger partial charge is 0.497 e. The van der Waals surface area contributed by atoms with Crippen molar-refractivity contribution in [2.45, 2.75) is 26.3 Å². The van der Waals surface area contributed by atoms with E-state index >= 15 is 0 Å². The van der Waals surface area contributed by atoms with Crippen LogP contribution in [-0.2, 0) is 6.54 Å². The first kappa shape index (κ1) is 21.2. The molecule has 0 aliphatic rings. The second kappa shape index (κ2) is 10.9. The number of hydrogen-bond donors (Lipinski definition) is 2. The van der Waals surface area contributed by atoms with E-state index in [9.17, 15) is 4.79 Å². The van der Waals surface area contributed by atoms with Crippen molar-refractivity contribution in [1.82, 2.24) is 10.6 Å². The van der Waals surface area contributed by atoms with Crippen molar-refractivity contribution in [1.29, 1.82) is 0 Å². The molecule has 5 nitrogen and oxygen atoms in total. The summed E-state index contributed by atoms with van der Waals surface area (Å²) in [6.45, 7) is 3.16. The van der Waals surface area contributed by atoms with E-state index in [1.165, 1.54) is 0 Å². The van der Waals surface area contributed by atoms with Gasteiger partial charge in [0.15, 0.2) is 5.11 Å². The van der Waals surface area contributed by atoms with Gasteiger partial charge in [-0.3, -0.25) is 10.1 Å². The Labute approximate surface area is 173 Å². The zero-order valence-corrected chi connectivity index (χ0v) is 17.8. The van der Waals surface area contributed by atoms with Crippen molar-refractivity contribution in [3.8, 4) is 11.5 Å². The number of thiocarbonyl (C=S) groups is 1. The fourth-order valence-corrected chi connectivity index (χ4v) is 2.80. The summed E-state index contributed by atoms with van der Waals surface area (Å²) in [7, 11) is 1.63. The van der Waals surface area contributed by atoms with Gasteiger partial charge in [0.25, 0.3) is 5.91 Å². The maximum atomic E-state index is 12.6. The summed E-state index contributed by atoms with van der Waals surface area (Å²) in [6.07, 6.45) is 1.95. The highest BCUT2D eigenvalue weighted by atomic mass is 79.9. The number of benzene rings is 2. The molecule has 7 heteroatoms. The lowest BCUT2D eigenvalue weighted by molar-refractivity contribution is 0.0972. The van der Waals surface area contributed by atoms with Gasteiger partial charge in [-0.25, -0.2) is 0 Å². The minimum atomic E-state index is -0.310. The van der Waals surface area contributed by atoms with Crippen LogP contribution in [0.2, 0.25) is 0 Å². The number of amides is 1. The average molecular weight is 451 g/mol. The van der Waals surface area contributed by atoms with Crippen molar-refractivity contribution in [2.24, 2.45) is 0 Å². The number of carbonyl (C=O) groups is 1. The van der Waals surface area contributed by atoms with E-state index < -0.39 is 0 Å². The number of halogens is 1. The first-order valence-electron chi connectivity index (χ1n) is 8.68. The standard InChI is InChI=1S/C20H23BrN2O3S/c1-3-4-11-26-18-10-7-15(21)12-17(18)19(24)23-20(27)22-13-14-5-8-16(25-2)9-6-14/h5-10,12H,3-4,11,13H2,1-2H3,(H2,22,23,24,27). The molecular formula is C20H23BrN2O3S. The van der Waals surface area contributed by atoms with E-state index in [2.05, 4.69) is 33.5 Å². The van der Waals surface area contributed by atoms with Crippen LogP contribution in [0.15, 0.2) is 46.9 Å². The zero-order chi connectivity index (χ0) is 19.6. The third kappa shape index (κ3) is 6.84. The summed E-state index contributed by atoms with van der Waals surface area (Å²) in [6, 6.07) is 13.0. The lowest BCUT2D eigenvalue weighted by Gasteiger charge is -2.13. The number of rotatable bonds is 8. The second-order valence-corrected chi connectivity index (χ2v) is 7.15. The monoisotopic (exact) mass is 450 g/mol. The maximum Gasteiger partial charge on any atom is 0.261 e. The quantitative estimate of drug-likeness (QED) is 0.459. The van der Waals surface area contributed by atoms with Crippen molar-refractivity contribution in [2.75, 3.05) is 13.7 Å². The molecule has 0 atom stereocenters. The number of methoxy groups -OCH3 is 1. The fourth-order valence-electron chi connectivity index (χ4n) is 2.27.